The van der Waals surface area contributed by atoms with E-state index >= 15 is 0 Å². The summed E-state index contributed by atoms with van der Waals surface area (Å²) >= 11 is 0. The second kappa shape index (κ2) is 5.23. The third-order valence-corrected chi connectivity index (χ3v) is 4.38. The van der Waals surface area contributed by atoms with Crippen molar-refractivity contribution >= 4 is 0 Å². The summed E-state index contributed by atoms with van der Waals surface area (Å²) in [5, 5.41) is 13.2. The molecule has 1 saturated heterocycles. The fraction of sp³-hybridized carbons (Fsp3) is 0.625. The number of aliphatic hydroxyl groups excluding tert-OH is 1. The molecule has 0 aromatic heterocycles. The van der Waals surface area contributed by atoms with E-state index < -0.39 is 0 Å². The summed E-state index contributed by atoms with van der Waals surface area (Å²) in [6.07, 6.45) is 2.63. The molecule has 1 aliphatic carbocycles. The average molecular weight is 261 g/mol. The fourth-order valence-electron chi connectivity index (χ4n) is 2.73. The second-order valence-corrected chi connectivity index (χ2v) is 6.26. The summed E-state index contributed by atoms with van der Waals surface area (Å²) in [6, 6.07) is 9.26. The topological polar surface area (TPSA) is 41.5 Å². The number of ether oxygens (including phenoxy) is 1. The summed E-state index contributed by atoms with van der Waals surface area (Å²) in [6.45, 7) is 4.54. The molecule has 1 saturated carbocycles. The van der Waals surface area contributed by atoms with Gasteiger partial charge in [-0.2, -0.15) is 0 Å². The van der Waals surface area contributed by atoms with Gasteiger partial charge < -0.3 is 15.2 Å². The quantitative estimate of drug-likeness (QED) is 0.823. The van der Waals surface area contributed by atoms with Gasteiger partial charge in [0.1, 0.15) is 0 Å². The molecule has 3 nitrogen and oxygen atoms in total. The molecule has 2 fully saturated rings. The molecule has 1 aromatic carbocycles. The van der Waals surface area contributed by atoms with Crippen molar-refractivity contribution in [3.63, 3.8) is 0 Å². The standard InChI is InChI=1S/C16H23NO2/c1-12-2-4-13(5-3-12)15(14-6-7-14)17-8-16(9-18)10-19-11-16/h2-5,14-15,17-18H,6-11H2,1H3. The van der Waals surface area contributed by atoms with Crippen LogP contribution in [0.2, 0.25) is 0 Å². The number of benzene rings is 1. The zero-order chi connectivity index (χ0) is 13.3. The smallest absolute Gasteiger partial charge is 0.0579 e. The number of rotatable bonds is 6. The lowest BCUT2D eigenvalue weighted by Gasteiger charge is -2.41. The Labute approximate surface area is 115 Å². The Hall–Kier alpha value is -0.900. The summed E-state index contributed by atoms with van der Waals surface area (Å²) in [5.74, 6) is 0.763. The molecule has 1 heterocycles. The average Bonchev–Trinajstić information content (AvgIpc) is 3.19. The Bertz CT molecular complexity index is 415. The van der Waals surface area contributed by atoms with Crippen molar-refractivity contribution in [2.75, 3.05) is 26.4 Å². The molecule has 0 spiro atoms. The van der Waals surface area contributed by atoms with Gasteiger partial charge in [0, 0.05) is 12.6 Å². The highest BCUT2D eigenvalue weighted by Gasteiger charge is 2.40. The van der Waals surface area contributed by atoms with Crippen LogP contribution in [0.5, 0.6) is 0 Å². The fourth-order valence-corrected chi connectivity index (χ4v) is 2.73. The molecule has 0 amide bonds. The number of nitrogens with one attached hydrogen (secondary N) is 1. The van der Waals surface area contributed by atoms with Crippen molar-refractivity contribution in [3.05, 3.63) is 35.4 Å². The van der Waals surface area contributed by atoms with Crippen molar-refractivity contribution in [2.45, 2.75) is 25.8 Å². The zero-order valence-corrected chi connectivity index (χ0v) is 11.6. The van der Waals surface area contributed by atoms with E-state index in [0.717, 1.165) is 12.5 Å². The minimum absolute atomic E-state index is 0.0438. The Kier molecular flexibility index (Phi) is 3.61. The van der Waals surface area contributed by atoms with E-state index in [9.17, 15) is 5.11 Å². The first-order chi connectivity index (χ1) is 9.22. The molecule has 1 aromatic rings. The molecular weight excluding hydrogens is 238 g/mol. The van der Waals surface area contributed by atoms with Crippen LogP contribution >= 0.6 is 0 Å². The van der Waals surface area contributed by atoms with Gasteiger partial charge in [-0.3, -0.25) is 0 Å². The zero-order valence-electron chi connectivity index (χ0n) is 11.6. The third kappa shape index (κ3) is 2.83. The minimum atomic E-state index is -0.0438. The third-order valence-electron chi connectivity index (χ3n) is 4.38. The highest BCUT2D eigenvalue weighted by molar-refractivity contribution is 5.25. The summed E-state index contributed by atoms with van der Waals surface area (Å²) in [7, 11) is 0. The molecule has 104 valence electrons. The molecule has 1 atom stereocenters. The molecule has 3 rings (SSSR count). The maximum atomic E-state index is 9.49. The number of hydrogen-bond donors (Lipinski definition) is 2. The first-order valence-electron chi connectivity index (χ1n) is 7.21. The molecule has 0 radical (unpaired) electrons. The maximum absolute atomic E-state index is 9.49. The second-order valence-electron chi connectivity index (χ2n) is 6.26. The molecule has 19 heavy (non-hydrogen) atoms. The van der Waals surface area contributed by atoms with Crippen LogP contribution < -0.4 is 5.32 Å². The molecular formula is C16H23NO2. The van der Waals surface area contributed by atoms with Gasteiger partial charge in [-0.15, -0.1) is 0 Å². The monoisotopic (exact) mass is 261 g/mol. The molecule has 3 heteroatoms. The minimum Gasteiger partial charge on any atom is -0.396 e. The van der Waals surface area contributed by atoms with Crippen LogP contribution in [0.3, 0.4) is 0 Å². The van der Waals surface area contributed by atoms with E-state index in [4.69, 9.17) is 4.74 Å². The van der Waals surface area contributed by atoms with E-state index in [0.29, 0.717) is 19.3 Å². The normalized spacial score (nSPS) is 22.8. The first kappa shape index (κ1) is 13.1. The summed E-state index contributed by atoms with van der Waals surface area (Å²) < 4.78 is 5.26. The van der Waals surface area contributed by atoms with Gasteiger partial charge in [0.25, 0.3) is 0 Å². The largest absolute Gasteiger partial charge is 0.396 e. The lowest BCUT2D eigenvalue weighted by molar-refractivity contribution is -0.135. The summed E-state index contributed by atoms with van der Waals surface area (Å²) in [5.41, 5.74) is 2.64. The van der Waals surface area contributed by atoms with Gasteiger partial charge in [-0.05, 0) is 31.2 Å². The van der Waals surface area contributed by atoms with Crippen LogP contribution in [-0.2, 0) is 4.74 Å². The molecule has 1 aliphatic heterocycles. The van der Waals surface area contributed by atoms with Crippen LogP contribution in [0.1, 0.15) is 30.0 Å². The molecule has 2 N–H and O–H groups in total. The molecule has 1 unspecified atom stereocenters. The predicted octanol–water partition coefficient (Wildman–Crippen LogP) is 2.04. The van der Waals surface area contributed by atoms with E-state index in [1.807, 2.05) is 0 Å². The van der Waals surface area contributed by atoms with Gasteiger partial charge in [0.15, 0.2) is 0 Å². The Morgan fingerprint density at radius 1 is 1.32 bits per heavy atom. The Morgan fingerprint density at radius 2 is 2.00 bits per heavy atom. The van der Waals surface area contributed by atoms with E-state index in [1.165, 1.54) is 24.0 Å². The SMILES string of the molecule is Cc1ccc(C(NCC2(CO)COC2)C2CC2)cc1. The van der Waals surface area contributed by atoms with Crippen LogP contribution in [0, 0.1) is 18.3 Å². The highest BCUT2D eigenvalue weighted by Crippen LogP contribution is 2.41. The van der Waals surface area contributed by atoms with Gasteiger partial charge in [0.2, 0.25) is 0 Å². The summed E-state index contributed by atoms with van der Waals surface area (Å²) in [4.78, 5) is 0. The number of hydrogen-bond acceptors (Lipinski definition) is 3. The van der Waals surface area contributed by atoms with Gasteiger partial charge in [-0.25, -0.2) is 0 Å². The Morgan fingerprint density at radius 3 is 2.47 bits per heavy atom. The van der Waals surface area contributed by atoms with Crippen LogP contribution in [0.25, 0.3) is 0 Å². The molecule has 2 aliphatic rings. The van der Waals surface area contributed by atoms with E-state index in [2.05, 4.69) is 36.5 Å². The van der Waals surface area contributed by atoms with Crippen molar-refractivity contribution in [2.24, 2.45) is 11.3 Å². The maximum Gasteiger partial charge on any atom is 0.0579 e. The van der Waals surface area contributed by atoms with Crippen LogP contribution in [0.15, 0.2) is 24.3 Å². The van der Waals surface area contributed by atoms with E-state index in [-0.39, 0.29) is 12.0 Å². The number of aliphatic hydroxyl groups is 1. The van der Waals surface area contributed by atoms with Crippen LogP contribution in [0.4, 0.5) is 0 Å². The van der Waals surface area contributed by atoms with Crippen molar-refractivity contribution < 1.29 is 9.84 Å². The van der Waals surface area contributed by atoms with Gasteiger partial charge in [0.05, 0.1) is 25.2 Å². The van der Waals surface area contributed by atoms with E-state index in [1.54, 1.807) is 0 Å². The van der Waals surface area contributed by atoms with Crippen molar-refractivity contribution in [1.29, 1.82) is 0 Å². The van der Waals surface area contributed by atoms with Crippen molar-refractivity contribution in [3.8, 4) is 0 Å². The predicted molar refractivity (Wildman–Crippen MR) is 75.0 cm³/mol. The van der Waals surface area contributed by atoms with Gasteiger partial charge in [-0.1, -0.05) is 29.8 Å². The van der Waals surface area contributed by atoms with Gasteiger partial charge >= 0.3 is 0 Å². The van der Waals surface area contributed by atoms with Crippen LogP contribution in [-0.4, -0.2) is 31.5 Å². The first-order valence-corrected chi connectivity index (χ1v) is 7.21. The highest BCUT2D eigenvalue weighted by atomic mass is 16.5. The Balaban J connectivity index is 1.66. The lowest BCUT2D eigenvalue weighted by atomic mass is 9.86. The van der Waals surface area contributed by atoms with Crippen molar-refractivity contribution in [1.82, 2.24) is 5.32 Å². The lowest BCUT2D eigenvalue weighted by Crippen LogP contribution is -2.52. The number of aryl methyl sites for hydroxylation is 1. The molecule has 0 bridgehead atoms.